The van der Waals surface area contributed by atoms with Crippen LogP contribution in [0.25, 0.3) is 0 Å². The fourth-order valence-corrected chi connectivity index (χ4v) is 2.12. The molecule has 0 aliphatic rings. The molecule has 0 saturated heterocycles. The van der Waals surface area contributed by atoms with E-state index in [1.807, 2.05) is 30.3 Å². The number of ether oxygens (including phenoxy) is 1. The Morgan fingerprint density at radius 2 is 1.79 bits per heavy atom. The van der Waals surface area contributed by atoms with E-state index in [0.29, 0.717) is 37.6 Å². The number of halogens is 2. The fourth-order valence-electron chi connectivity index (χ4n) is 2.12. The second-order valence-electron chi connectivity index (χ2n) is 5.07. The summed E-state index contributed by atoms with van der Waals surface area (Å²) in [7, 11) is 1.66. The molecular weight excluding hydrogens is 312 g/mol. The number of benzene rings is 2. The third-order valence-corrected chi connectivity index (χ3v) is 3.33. The Labute approximate surface area is 140 Å². The van der Waals surface area contributed by atoms with Gasteiger partial charge in [0.15, 0.2) is 5.96 Å². The lowest BCUT2D eigenvalue weighted by atomic mass is 10.1. The van der Waals surface area contributed by atoms with E-state index in [1.54, 1.807) is 7.05 Å². The topological polar surface area (TPSA) is 45.7 Å². The van der Waals surface area contributed by atoms with Crippen LogP contribution in [-0.4, -0.2) is 32.7 Å². The number of hydrogen-bond donors (Lipinski definition) is 2. The van der Waals surface area contributed by atoms with Crippen LogP contribution in [0.3, 0.4) is 0 Å². The van der Waals surface area contributed by atoms with Crippen molar-refractivity contribution in [1.82, 2.24) is 10.6 Å². The maximum absolute atomic E-state index is 13.5. The molecular formula is C18H21F2N3O. The van der Waals surface area contributed by atoms with Gasteiger partial charge >= 0.3 is 0 Å². The zero-order valence-electron chi connectivity index (χ0n) is 13.6. The summed E-state index contributed by atoms with van der Waals surface area (Å²) in [5.74, 6) is 0.319. The summed E-state index contributed by atoms with van der Waals surface area (Å²) in [6.45, 7) is 1.57. The van der Waals surface area contributed by atoms with Crippen molar-refractivity contribution in [2.75, 3.05) is 26.7 Å². The van der Waals surface area contributed by atoms with Gasteiger partial charge in [0.25, 0.3) is 0 Å². The molecule has 2 rings (SSSR count). The van der Waals surface area contributed by atoms with Crippen LogP contribution in [0.4, 0.5) is 8.78 Å². The third kappa shape index (κ3) is 5.87. The predicted octanol–water partition coefficient (Wildman–Crippen LogP) is 2.75. The summed E-state index contributed by atoms with van der Waals surface area (Å²) >= 11 is 0. The molecule has 2 aromatic carbocycles. The first-order chi connectivity index (χ1) is 11.7. The average molecular weight is 333 g/mol. The van der Waals surface area contributed by atoms with E-state index < -0.39 is 11.6 Å². The van der Waals surface area contributed by atoms with E-state index in [4.69, 9.17) is 4.74 Å². The molecule has 2 aromatic rings. The zero-order valence-corrected chi connectivity index (χ0v) is 13.6. The molecule has 0 amide bonds. The Morgan fingerprint density at radius 3 is 2.50 bits per heavy atom. The molecule has 0 unspecified atom stereocenters. The minimum absolute atomic E-state index is 0.438. The quantitative estimate of drug-likeness (QED) is 0.465. The standard InChI is InChI=1S/C18H21F2N3O/c1-21-18(23-11-12-24-16-5-3-2-4-6-16)22-10-9-14-7-8-15(19)13-17(14)20/h2-8,13H,9-12H2,1H3,(H2,21,22,23). The van der Waals surface area contributed by atoms with Crippen molar-refractivity contribution < 1.29 is 13.5 Å². The molecule has 0 aliphatic heterocycles. The maximum Gasteiger partial charge on any atom is 0.191 e. The summed E-state index contributed by atoms with van der Waals surface area (Å²) in [6, 6.07) is 13.1. The van der Waals surface area contributed by atoms with Gasteiger partial charge in [-0.3, -0.25) is 4.99 Å². The monoisotopic (exact) mass is 333 g/mol. The second kappa shape index (κ2) is 9.50. The molecule has 6 heteroatoms. The maximum atomic E-state index is 13.5. The molecule has 24 heavy (non-hydrogen) atoms. The molecule has 0 saturated carbocycles. The summed E-state index contributed by atoms with van der Waals surface area (Å²) < 4.78 is 32.0. The normalized spacial score (nSPS) is 11.2. The Balaban J connectivity index is 1.67. The average Bonchev–Trinajstić information content (AvgIpc) is 2.59. The van der Waals surface area contributed by atoms with Gasteiger partial charge in [0.1, 0.15) is 24.0 Å². The van der Waals surface area contributed by atoms with Crippen molar-refractivity contribution in [1.29, 1.82) is 0 Å². The van der Waals surface area contributed by atoms with Gasteiger partial charge in [0.2, 0.25) is 0 Å². The van der Waals surface area contributed by atoms with Crippen LogP contribution < -0.4 is 15.4 Å². The highest BCUT2D eigenvalue weighted by Gasteiger charge is 2.04. The van der Waals surface area contributed by atoms with Crippen molar-refractivity contribution in [2.45, 2.75) is 6.42 Å². The van der Waals surface area contributed by atoms with Gasteiger partial charge in [-0.15, -0.1) is 0 Å². The summed E-state index contributed by atoms with van der Waals surface area (Å²) in [5, 5.41) is 6.19. The Bertz CT molecular complexity index is 663. The van der Waals surface area contributed by atoms with Gasteiger partial charge in [-0.25, -0.2) is 8.78 Å². The second-order valence-corrected chi connectivity index (χ2v) is 5.07. The van der Waals surface area contributed by atoms with Gasteiger partial charge in [-0.1, -0.05) is 24.3 Å². The van der Waals surface area contributed by atoms with Gasteiger partial charge in [-0.05, 0) is 30.2 Å². The van der Waals surface area contributed by atoms with Crippen LogP contribution in [-0.2, 0) is 6.42 Å². The lowest BCUT2D eigenvalue weighted by molar-refractivity contribution is 0.322. The van der Waals surface area contributed by atoms with Crippen LogP contribution in [0.1, 0.15) is 5.56 Å². The Morgan fingerprint density at radius 1 is 1.04 bits per heavy atom. The lowest BCUT2D eigenvalue weighted by Crippen LogP contribution is -2.40. The van der Waals surface area contributed by atoms with Crippen molar-refractivity contribution in [2.24, 2.45) is 4.99 Å². The SMILES string of the molecule is CN=C(NCCOc1ccccc1)NCCc1ccc(F)cc1F. The molecule has 0 atom stereocenters. The highest BCUT2D eigenvalue weighted by atomic mass is 19.1. The van der Waals surface area contributed by atoms with E-state index >= 15 is 0 Å². The lowest BCUT2D eigenvalue weighted by Gasteiger charge is -2.12. The zero-order chi connectivity index (χ0) is 17.2. The van der Waals surface area contributed by atoms with Gasteiger partial charge < -0.3 is 15.4 Å². The Hall–Kier alpha value is -2.63. The number of aliphatic imine (C=N–C) groups is 1. The first-order valence-electron chi connectivity index (χ1n) is 7.75. The number of guanidine groups is 1. The smallest absolute Gasteiger partial charge is 0.191 e. The molecule has 0 fully saturated rings. The van der Waals surface area contributed by atoms with Crippen LogP contribution in [0, 0.1) is 11.6 Å². The van der Waals surface area contributed by atoms with Crippen molar-refractivity contribution in [3.05, 3.63) is 65.7 Å². The van der Waals surface area contributed by atoms with Crippen LogP contribution >= 0.6 is 0 Å². The third-order valence-electron chi connectivity index (χ3n) is 3.33. The van der Waals surface area contributed by atoms with E-state index in [1.165, 1.54) is 12.1 Å². The number of hydrogen-bond acceptors (Lipinski definition) is 2. The number of rotatable bonds is 7. The number of nitrogens with one attached hydrogen (secondary N) is 2. The summed E-state index contributed by atoms with van der Waals surface area (Å²) in [6.07, 6.45) is 0.438. The molecule has 0 aliphatic carbocycles. The van der Waals surface area contributed by atoms with E-state index in [2.05, 4.69) is 15.6 Å². The van der Waals surface area contributed by atoms with E-state index in [0.717, 1.165) is 11.8 Å². The Kier molecular flexibility index (Phi) is 7.01. The van der Waals surface area contributed by atoms with Crippen molar-refractivity contribution in [3.8, 4) is 5.75 Å². The molecule has 2 N–H and O–H groups in total. The number of para-hydroxylation sites is 1. The van der Waals surface area contributed by atoms with Crippen LogP contribution in [0.15, 0.2) is 53.5 Å². The molecule has 0 bridgehead atoms. The highest BCUT2D eigenvalue weighted by Crippen LogP contribution is 2.09. The van der Waals surface area contributed by atoms with Gasteiger partial charge in [0.05, 0.1) is 6.54 Å². The summed E-state index contributed by atoms with van der Waals surface area (Å²) in [4.78, 5) is 4.09. The van der Waals surface area contributed by atoms with E-state index in [-0.39, 0.29) is 0 Å². The molecule has 128 valence electrons. The van der Waals surface area contributed by atoms with Crippen molar-refractivity contribution >= 4 is 5.96 Å². The predicted molar refractivity (Wildman–Crippen MR) is 91.4 cm³/mol. The first kappa shape index (κ1) is 17.7. The highest BCUT2D eigenvalue weighted by molar-refractivity contribution is 5.79. The summed E-state index contributed by atoms with van der Waals surface area (Å²) in [5.41, 5.74) is 0.465. The number of nitrogens with zero attached hydrogens (tertiary/aromatic N) is 1. The molecule has 0 spiro atoms. The van der Waals surface area contributed by atoms with Gasteiger partial charge in [0, 0.05) is 19.7 Å². The first-order valence-corrected chi connectivity index (χ1v) is 7.75. The molecule has 0 heterocycles. The largest absolute Gasteiger partial charge is 0.492 e. The molecule has 0 radical (unpaired) electrons. The molecule has 4 nitrogen and oxygen atoms in total. The fraction of sp³-hybridized carbons (Fsp3) is 0.278. The minimum Gasteiger partial charge on any atom is -0.492 e. The van der Waals surface area contributed by atoms with Crippen LogP contribution in [0.2, 0.25) is 0 Å². The minimum atomic E-state index is -0.569. The van der Waals surface area contributed by atoms with Gasteiger partial charge in [-0.2, -0.15) is 0 Å². The van der Waals surface area contributed by atoms with Crippen LogP contribution in [0.5, 0.6) is 5.75 Å². The van der Waals surface area contributed by atoms with E-state index in [9.17, 15) is 8.78 Å². The van der Waals surface area contributed by atoms with Crippen molar-refractivity contribution in [3.63, 3.8) is 0 Å². The molecule has 0 aromatic heterocycles.